The molecule has 15 heavy (non-hydrogen) atoms. The fraction of sp³-hybridized carbons (Fsp3) is 1.00. The minimum absolute atomic E-state index is 0.981. The Morgan fingerprint density at radius 2 is 1.53 bits per heavy atom. The number of hydrogen-bond donors (Lipinski definition) is 1. The van der Waals surface area contributed by atoms with E-state index in [9.17, 15) is 0 Å². The van der Waals surface area contributed by atoms with Gasteiger partial charge in [-0.25, -0.2) is 0 Å². The Balaban J connectivity index is 1.89. The van der Waals surface area contributed by atoms with Gasteiger partial charge in [-0.05, 0) is 75.3 Å². The average molecular weight is 209 g/mol. The van der Waals surface area contributed by atoms with Gasteiger partial charge in [-0.2, -0.15) is 0 Å². The standard InChI is InChI=1S/C14H27N/c1-11-8-12(2)10-14(9-11)13-4-3-6-15-7-5-13/h11-15H,3-10H2,1-2H3. The van der Waals surface area contributed by atoms with Crippen LogP contribution in [0.3, 0.4) is 0 Å². The van der Waals surface area contributed by atoms with Crippen molar-refractivity contribution in [3.63, 3.8) is 0 Å². The van der Waals surface area contributed by atoms with Crippen LogP contribution < -0.4 is 5.32 Å². The van der Waals surface area contributed by atoms with E-state index in [0.29, 0.717) is 0 Å². The minimum atomic E-state index is 0.981. The molecule has 3 unspecified atom stereocenters. The molecule has 2 rings (SSSR count). The van der Waals surface area contributed by atoms with E-state index in [-0.39, 0.29) is 0 Å². The lowest BCUT2D eigenvalue weighted by atomic mass is 9.70. The predicted molar refractivity (Wildman–Crippen MR) is 65.9 cm³/mol. The highest BCUT2D eigenvalue weighted by molar-refractivity contribution is 4.81. The minimum Gasteiger partial charge on any atom is -0.317 e. The maximum Gasteiger partial charge on any atom is -0.00462 e. The molecule has 0 aromatic heterocycles. The quantitative estimate of drug-likeness (QED) is 0.697. The van der Waals surface area contributed by atoms with Crippen molar-refractivity contribution < 1.29 is 0 Å². The van der Waals surface area contributed by atoms with E-state index in [1.807, 2.05) is 0 Å². The molecule has 1 saturated heterocycles. The highest BCUT2D eigenvalue weighted by Gasteiger charge is 2.29. The van der Waals surface area contributed by atoms with Gasteiger partial charge in [0.05, 0.1) is 0 Å². The van der Waals surface area contributed by atoms with Gasteiger partial charge in [-0.1, -0.05) is 13.8 Å². The summed E-state index contributed by atoms with van der Waals surface area (Å²) in [6, 6.07) is 0. The third-order valence-corrected chi connectivity index (χ3v) is 4.50. The van der Waals surface area contributed by atoms with Crippen LogP contribution in [0.15, 0.2) is 0 Å². The monoisotopic (exact) mass is 209 g/mol. The third kappa shape index (κ3) is 3.21. The molecule has 0 aromatic rings. The SMILES string of the molecule is CC1CC(C)CC(C2CCCNCC2)C1. The molecule has 88 valence electrons. The van der Waals surface area contributed by atoms with Crippen molar-refractivity contribution in [1.82, 2.24) is 5.32 Å². The van der Waals surface area contributed by atoms with Crippen LogP contribution in [0.4, 0.5) is 0 Å². The molecule has 0 radical (unpaired) electrons. The summed E-state index contributed by atoms with van der Waals surface area (Å²) in [4.78, 5) is 0. The summed E-state index contributed by atoms with van der Waals surface area (Å²) in [6.45, 7) is 7.44. The first kappa shape index (κ1) is 11.4. The number of nitrogens with one attached hydrogen (secondary N) is 1. The van der Waals surface area contributed by atoms with Gasteiger partial charge in [-0.15, -0.1) is 0 Å². The second-order valence-electron chi connectivity index (χ2n) is 6.12. The number of hydrogen-bond acceptors (Lipinski definition) is 1. The summed E-state index contributed by atoms with van der Waals surface area (Å²) >= 11 is 0. The smallest absolute Gasteiger partial charge is 0.00462 e. The van der Waals surface area contributed by atoms with Crippen LogP contribution in [0.25, 0.3) is 0 Å². The normalized spacial score (nSPS) is 43.6. The first-order valence-corrected chi connectivity index (χ1v) is 6.96. The molecular weight excluding hydrogens is 182 g/mol. The first-order chi connectivity index (χ1) is 7.25. The van der Waals surface area contributed by atoms with Crippen molar-refractivity contribution in [1.29, 1.82) is 0 Å². The van der Waals surface area contributed by atoms with Crippen LogP contribution in [0, 0.1) is 23.7 Å². The summed E-state index contributed by atoms with van der Waals surface area (Å²) in [5, 5.41) is 3.54. The van der Waals surface area contributed by atoms with Gasteiger partial charge in [0, 0.05) is 0 Å². The molecule has 1 heterocycles. The third-order valence-electron chi connectivity index (χ3n) is 4.50. The molecule has 1 nitrogen and oxygen atoms in total. The highest BCUT2D eigenvalue weighted by Crippen LogP contribution is 2.39. The van der Waals surface area contributed by atoms with Gasteiger partial charge in [0.25, 0.3) is 0 Å². The van der Waals surface area contributed by atoms with E-state index in [0.717, 1.165) is 23.7 Å². The maximum absolute atomic E-state index is 3.54. The molecule has 1 aliphatic heterocycles. The molecule has 1 heteroatoms. The van der Waals surface area contributed by atoms with Gasteiger partial charge in [0.2, 0.25) is 0 Å². The van der Waals surface area contributed by atoms with Crippen molar-refractivity contribution in [3.8, 4) is 0 Å². The molecule has 3 atom stereocenters. The van der Waals surface area contributed by atoms with Crippen LogP contribution in [0.1, 0.15) is 52.4 Å². The fourth-order valence-electron chi connectivity index (χ4n) is 3.91. The molecule has 1 saturated carbocycles. The predicted octanol–water partition coefficient (Wildman–Crippen LogP) is 3.45. The Morgan fingerprint density at radius 1 is 0.800 bits per heavy atom. The van der Waals surface area contributed by atoms with E-state index >= 15 is 0 Å². The van der Waals surface area contributed by atoms with Crippen LogP contribution in [-0.2, 0) is 0 Å². The van der Waals surface area contributed by atoms with Gasteiger partial charge < -0.3 is 5.32 Å². The van der Waals surface area contributed by atoms with Gasteiger partial charge in [-0.3, -0.25) is 0 Å². The average Bonchev–Trinajstić information content (AvgIpc) is 2.43. The van der Waals surface area contributed by atoms with Crippen molar-refractivity contribution in [2.45, 2.75) is 52.4 Å². The largest absolute Gasteiger partial charge is 0.317 e. The maximum atomic E-state index is 3.54. The number of rotatable bonds is 1. The highest BCUT2D eigenvalue weighted by atomic mass is 14.8. The zero-order chi connectivity index (χ0) is 10.7. The van der Waals surface area contributed by atoms with Crippen molar-refractivity contribution in [2.75, 3.05) is 13.1 Å². The summed E-state index contributed by atoms with van der Waals surface area (Å²) < 4.78 is 0. The van der Waals surface area contributed by atoms with Gasteiger partial charge in [0.1, 0.15) is 0 Å². The van der Waals surface area contributed by atoms with Crippen LogP contribution in [0.2, 0.25) is 0 Å². The molecule has 1 aliphatic carbocycles. The molecule has 0 amide bonds. The van der Waals surface area contributed by atoms with Gasteiger partial charge >= 0.3 is 0 Å². The van der Waals surface area contributed by atoms with Crippen LogP contribution in [0.5, 0.6) is 0 Å². The Hall–Kier alpha value is -0.0400. The molecule has 2 fully saturated rings. The topological polar surface area (TPSA) is 12.0 Å². The summed E-state index contributed by atoms with van der Waals surface area (Å²) in [5.74, 6) is 4.04. The van der Waals surface area contributed by atoms with Gasteiger partial charge in [0.15, 0.2) is 0 Å². The van der Waals surface area contributed by atoms with Crippen LogP contribution in [-0.4, -0.2) is 13.1 Å². The Bertz CT molecular complexity index is 172. The van der Waals surface area contributed by atoms with Crippen molar-refractivity contribution in [3.05, 3.63) is 0 Å². The van der Waals surface area contributed by atoms with E-state index < -0.39 is 0 Å². The zero-order valence-electron chi connectivity index (χ0n) is 10.5. The molecule has 2 aliphatic rings. The lowest BCUT2D eigenvalue weighted by Crippen LogP contribution is -2.26. The lowest BCUT2D eigenvalue weighted by molar-refractivity contribution is 0.151. The van der Waals surface area contributed by atoms with E-state index in [2.05, 4.69) is 19.2 Å². The van der Waals surface area contributed by atoms with Crippen molar-refractivity contribution in [2.24, 2.45) is 23.7 Å². The molecule has 0 spiro atoms. The second kappa shape index (κ2) is 5.34. The van der Waals surface area contributed by atoms with Crippen molar-refractivity contribution >= 4 is 0 Å². The zero-order valence-corrected chi connectivity index (χ0v) is 10.5. The molecule has 1 N–H and O–H groups in total. The Labute approximate surface area is 95.0 Å². The van der Waals surface area contributed by atoms with E-state index in [1.54, 1.807) is 0 Å². The summed E-state index contributed by atoms with van der Waals surface area (Å²) in [6.07, 6.45) is 8.82. The molecule has 0 bridgehead atoms. The molecular formula is C14H27N. The van der Waals surface area contributed by atoms with Crippen LogP contribution >= 0.6 is 0 Å². The summed E-state index contributed by atoms with van der Waals surface area (Å²) in [5.41, 5.74) is 0. The second-order valence-corrected chi connectivity index (χ2v) is 6.12. The Morgan fingerprint density at radius 3 is 2.27 bits per heavy atom. The summed E-state index contributed by atoms with van der Waals surface area (Å²) in [7, 11) is 0. The molecule has 0 aromatic carbocycles. The lowest BCUT2D eigenvalue weighted by Gasteiger charge is -2.36. The Kier molecular flexibility index (Phi) is 4.07. The first-order valence-electron chi connectivity index (χ1n) is 6.96. The van der Waals surface area contributed by atoms with E-state index in [1.165, 1.54) is 51.6 Å². The van der Waals surface area contributed by atoms with E-state index in [4.69, 9.17) is 0 Å². The fourth-order valence-corrected chi connectivity index (χ4v) is 3.91.